The van der Waals surface area contributed by atoms with Gasteiger partial charge in [-0.15, -0.1) is 12.6 Å². The summed E-state index contributed by atoms with van der Waals surface area (Å²) < 4.78 is 6.17. The second-order valence-electron chi connectivity index (χ2n) is 3.91. The maximum atomic E-state index is 11.9. The minimum atomic E-state index is -0.633. The molecular formula is C13H10ClN3O2S. The van der Waals surface area contributed by atoms with Gasteiger partial charge in [0.2, 0.25) is 0 Å². The first-order valence-corrected chi connectivity index (χ1v) is 6.30. The van der Waals surface area contributed by atoms with Gasteiger partial charge in [-0.3, -0.25) is 0 Å². The van der Waals surface area contributed by atoms with E-state index in [1.807, 2.05) is 6.07 Å². The first-order chi connectivity index (χ1) is 9.49. The number of nitriles is 1. The number of hydrogen-bond donors (Lipinski definition) is 2. The Hall–Kier alpha value is -2.10. The molecule has 1 aromatic carbocycles. The van der Waals surface area contributed by atoms with Gasteiger partial charge in [-0.2, -0.15) is 5.26 Å². The molecule has 2 N–H and O–H groups in total. The molecule has 0 aliphatic carbocycles. The lowest BCUT2D eigenvalue weighted by Crippen LogP contribution is -2.11. The van der Waals surface area contributed by atoms with Gasteiger partial charge in [-0.05, 0) is 18.2 Å². The van der Waals surface area contributed by atoms with Gasteiger partial charge in [-0.25, -0.2) is 4.79 Å². The van der Waals surface area contributed by atoms with Gasteiger partial charge >= 0.3 is 5.97 Å². The number of methoxy groups -OCH3 is 1. The van der Waals surface area contributed by atoms with Crippen LogP contribution in [-0.2, 0) is 4.74 Å². The van der Waals surface area contributed by atoms with E-state index in [1.165, 1.54) is 17.9 Å². The van der Waals surface area contributed by atoms with E-state index < -0.39 is 5.97 Å². The van der Waals surface area contributed by atoms with Crippen LogP contribution < -0.4 is 5.73 Å². The third-order valence-corrected chi connectivity index (χ3v) is 3.33. The van der Waals surface area contributed by atoms with Crippen molar-refractivity contribution in [3.8, 4) is 11.8 Å². The number of benzene rings is 1. The Bertz CT molecular complexity index is 734. The zero-order valence-electron chi connectivity index (χ0n) is 10.4. The lowest BCUT2D eigenvalue weighted by molar-refractivity contribution is 0.0593. The molecule has 0 amide bonds. The van der Waals surface area contributed by atoms with Crippen LogP contribution in [0.1, 0.15) is 16.1 Å². The Kier molecular flexibility index (Phi) is 3.93. The van der Waals surface area contributed by atoms with Crippen molar-refractivity contribution in [2.45, 2.75) is 4.90 Å². The lowest BCUT2D eigenvalue weighted by atomic mass is 10.2. The smallest absolute Gasteiger partial charge is 0.357 e. The van der Waals surface area contributed by atoms with Gasteiger partial charge in [0.1, 0.15) is 6.07 Å². The first kappa shape index (κ1) is 14.3. The van der Waals surface area contributed by atoms with E-state index in [4.69, 9.17) is 27.3 Å². The van der Waals surface area contributed by atoms with Crippen molar-refractivity contribution in [2.24, 2.45) is 0 Å². The number of carbonyl (C=O) groups is 1. The molecule has 1 aromatic heterocycles. The molecule has 2 rings (SSSR count). The summed E-state index contributed by atoms with van der Waals surface area (Å²) in [4.78, 5) is 12.4. The Labute approximate surface area is 125 Å². The molecule has 1 heterocycles. The van der Waals surface area contributed by atoms with E-state index in [0.717, 1.165) is 0 Å². The zero-order chi connectivity index (χ0) is 14.9. The van der Waals surface area contributed by atoms with Gasteiger partial charge in [0.15, 0.2) is 5.69 Å². The maximum Gasteiger partial charge on any atom is 0.357 e. The minimum Gasteiger partial charge on any atom is -0.464 e. The quantitative estimate of drug-likeness (QED) is 0.660. The fourth-order valence-corrected chi connectivity index (χ4v) is 2.37. The number of halogens is 1. The summed E-state index contributed by atoms with van der Waals surface area (Å²) in [6.07, 6.45) is 1.46. The van der Waals surface area contributed by atoms with E-state index in [1.54, 1.807) is 18.2 Å². The number of ether oxygens (including phenoxy) is 1. The molecular weight excluding hydrogens is 298 g/mol. The maximum absolute atomic E-state index is 11.9. The standard InChI is InChI=1S/C13H10ClN3O2S/c1-19-13(18)12-11(16)7(5-15)6-17(12)9-3-2-8(14)4-10(9)20/h2-4,6,20H,16H2,1H3. The normalized spacial score (nSPS) is 10.1. The minimum absolute atomic E-state index is 0.0713. The molecule has 5 nitrogen and oxygen atoms in total. The molecule has 0 spiro atoms. The van der Waals surface area contributed by atoms with E-state index in [9.17, 15) is 4.79 Å². The van der Waals surface area contributed by atoms with Crippen LogP contribution in [0.5, 0.6) is 0 Å². The SMILES string of the molecule is COC(=O)c1c(N)c(C#N)cn1-c1ccc(Cl)cc1S. The van der Waals surface area contributed by atoms with E-state index in [2.05, 4.69) is 12.6 Å². The summed E-state index contributed by atoms with van der Waals surface area (Å²) in [6, 6.07) is 6.89. The molecule has 0 atom stereocenters. The van der Waals surface area contributed by atoms with Gasteiger partial charge in [0.05, 0.1) is 24.0 Å². The highest BCUT2D eigenvalue weighted by atomic mass is 35.5. The summed E-state index contributed by atoms with van der Waals surface area (Å²) >= 11 is 10.2. The molecule has 20 heavy (non-hydrogen) atoms. The molecule has 0 saturated heterocycles. The number of carbonyl (C=O) groups excluding carboxylic acids is 1. The lowest BCUT2D eigenvalue weighted by Gasteiger charge is -2.10. The molecule has 2 aromatic rings. The van der Waals surface area contributed by atoms with Crippen molar-refractivity contribution in [2.75, 3.05) is 12.8 Å². The van der Waals surface area contributed by atoms with Crippen molar-refractivity contribution >= 4 is 35.9 Å². The highest BCUT2D eigenvalue weighted by Crippen LogP contribution is 2.29. The fraction of sp³-hybridized carbons (Fsp3) is 0.0769. The molecule has 0 fully saturated rings. The third-order valence-electron chi connectivity index (χ3n) is 2.74. The highest BCUT2D eigenvalue weighted by molar-refractivity contribution is 7.80. The van der Waals surface area contributed by atoms with Crippen molar-refractivity contribution in [1.29, 1.82) is 5.26 Å². The number of esters is 1. The Morgan fingerprint density at radius 1 is 1.55 bits per heavy atom. The number of hydrogen-bond acceptors (Lipinski definition) is 5. The Morgan fingerprint density at radius 3 is 2.80 bits per heavy atom. The van der Waals surface area contributed by atoms with Crippen molar-refractivity contribution in [3.63, 3.8) is 0 Å². The second-order valence-corrected chi connectivity index (χ2v) is 4.83. The largest absolute Gasteiger partial charge is 0.464 e. The molecule has 7 heteroatoms. The highest BCUT2D eigenvalue weighted by Gasteiger charge is 2.22. The molecule has 0 aliphatic rings. The third kappa shape index (κ3) is 2.33. The van der Waals surface area contributed by atoms with Crippen LogP contribution in [0.4, 0.5) is 5.69 Å². The summed E-state index contributed by atoms with van der Waals surface area (Å²) in [6.45, 7) is 0. The molecule has 0 unspecified atom stereocenters. The van der Waals surface area contributed by atoms with Gasteiger partial charge < -0.3 is 15.0 Å². The summed E-state index contributed by atoms with van der Waals surface area (Å²) in [5.41, 5.74) is 6.73. The molecule has 0 aliphatic heterocycles. The number of nitrogens with zero attached hydrogens (tertiary/aromatic N) is 2. The Morgan fingerprint density at radius 2 is 2.25 bits per heavy atom. The first-order valence-electron chi connectivity index (χ1n) is 5.47. The second kappa shape index (κ2) is 5.49. The number of nitrogen functional groups attached to an aromatic ring is 1. The van der Waals surface area contributed by atoms with Crippen LogP contribution in [0.15, 0.2) is 29.3 Å². The average molecular weight is 308 g/mol. The van der Waals surface area contributed by atoms with Crippen LogP contribution >= 0.6 is 24.2 Å². The average Bonchev–Trinajstić information content (AvgIpc) is 2.74. The number of thiol groups is 1. The van der Waals surface area contributed by atoms with Gasteiger partial charge in [-0.1, -0.05) is 11.6 Å². The number of anilines is 1. The summed E-state index contributed by atoms with van der Waals surface area (Å²) in [5.74, 6) is -0.633. The monoisotopic (exact) mass is 307 g/mol. The zero-order valence-corrected chi connectivity index (χ0v) is 12.1. The van der Waals surface area contributed by atoms with Crippen LogP contribution in [0.2, 0.25) is 5.02 Å². The molecule has 102 valence electrons. The summed E-state index contributed by atoms with van der Waals surface area (Å²) in [7, 11) is 1.24. The fourth-order valence-electron chi connectivity index (χ4n) is 1.80. The van der Waals surface area contributed by atoms with Gasteiger partial charge in [0.25, 0.3) is 0 Å². The van der Waals surface area contributed by atoms with Gasteiger partial charge in [0, 0.05) is 16.1 Å². The number of aromatic nitrogens is 1. The van der Waals surface area contributed by atoms with Crippen LogP contribution in [-0.4, -0.2) is 17.6 Å². The van der Waals surface area contributed by atoms with Crippen LogP contribution in [0, 0.1) is 11.3 Å². The number of rotatable bonds is 2. The predicted molar refractivity (Wildman–Crippen MR) is 78.5 cm³/mol. The van der Waals surface area contributed by atoms with Crippen molar-refractivity contribution in [3.05, 3.63) is 40.7 Å². The van der Waals surface area contributed by atoms with E-state index in [0.29, 0.717) is 15.6 Å². The van der Waals surface area contributed by atoms with E-state index >= 15 is 0 Å². The predicted octanol–water partition coefficient (Wildman–Crippen LogP) is 2.66. The van der Waals surface area contributed by atoms with Crippen LogP contribution in [0.25, 0.3) is 5.69 Å². The van der Waals surface area contributed by atoms with Crippen molar-refractivity contribution in [1.82, 2.24) is 4.57 Å². The number of nitrogens with two attached hydrogens (primary N) is 1. The van der Waals surface area contributed by atoms with Crippen molar-refractivity contribution < 1.29 is 9.53 Å². The van der Waals surface area contributed by atoms with Crippen LogP contribution in [0.3, 0.4) is 0 Å². The molecule has 0 saturated carbocycles. The summed E-state index contributed by atoms with van der Waals surface area (Å²) in [5, 5.41) is 9.55. The Balaban J connectivity index is 2.74. The van der Waals surface area contributed by atoms with E-state index in [-0.39, 0.29) is 16.9 Å². The topological polar surface area (TPSA) is 81.0 Å². The molecule has 0 radical (unpaired) electrons. The molecule has 0 bridgehead atoms.